The Morgan fingerprint density at radius 3 is 2.58 bits per heavy atom. The van der Waals surface area contributed by atoms with Crippen LogP contribution in [-0.4, -0.2) is 32.9 Å². The number of hydrogen-bond acceptors (Lipinski definition) is 5. The molecule has 1 saturated carbocycles. The quantitative estimate of drug-likeness (QED) is 0.664. The number of aliphatic hydroxyl groups is 1. The molecule has 0 bridgehead atoms. The number of hydrogen-bond donors (Lipinski definition) is 4. The number of aromatic nitrogens is 3. The zero-order valence-corrected chi connectivity index (χ0v) is 16.6. The van der Waals surface area contributed by atoms with Crippen LogP contribution in [0.1, 0.15) is 64.3 Å². The molecule has 0 radical (unpaired) electrons. The van der Waals surface area contributed by atoms with E-state index in [1.165, 1.54) is 25.0 Å². The number of nitrogens with zero attached hydrogens (tertiary/aromatic N) is 2. The number of aromatic amines is 1. The van der Waals surface area contributed by atoms with Gasteiger partial charge in [0.05, 0.1) is 12.3 Å². The van der Waals surface area contributed by atoms with Crippen molar-refractivity contribution < 1.29 is 5.11 Å². The van der Waals surface area contributed by atoms with Crippen LogP contribution in [0.5, 0.6) is 0 Å². The van der Waals surface area contributed by atoms with Gasteiger partial charge in [-0.1, -0.05) is 13.3 Å². The van der Waals surface area contributed by atoms with Gasteiger partial charge in [0.1, 0.15) is 0 Å². The second-order valence-electron chi connectivity index (χ2n) is 8.14. The van der Waals surface area contributed by atoms with E-state index in [1.54, 1.807) is 6.20 Å². The molecular formula is C20H33N5O. The largest absolute Gasteiger partial charge is 0.390 e. The summed E-state index contributed by atoms with van der Waals surface area (Å²) in [5.74, 6) is 2.24. The number of anilines is 2. The van der Waals surface area contributed by atoms with Crippen molar-refractivity contribution in [2.75, 3.05) is 12.4 Å². The first-order chi connectivity index (χ1) is 12.3. The zero-order chi connectivity index (χ0) is 19.2. The topological polar surface area (TPSA) is 85.9 Å². The van der Waals surface area contributed by atoms with E-state index in [9.17, 15) is 0 Å². The first kappa shape index (κ1) is 20.4. The van der Waals surface area contributed by atoms with E-state index < -0.39 is 0 Å². The molecule has 144 valence electrons. The molecule has 0 aliphatic heterocycles. The molecule has 2 aromatic heterocycles. The van der Waals surface area contributed by atoms with E-state index in [0.717, 1.165) is 17.4 Å². The molecule has 0 aromatic carbocycles. The first-order valence-electron chi connectivity index (χ1n) is 9.37. The summed E-state index contributed by atoms with van der Waals surface area (Å²) in [7, 11) is 1.96. The fourth-order valence-corrected chi connectivity index (χ4v) is 2.89. The zero-order valence-electron chi connectivity index (χ0n) is 16.6. The van der Waals surface area contributed by atoms with Crippen molar-refractivity contribution in [2.45, 2.75) is 65.0 Å². The van der Waals surface area contributed by atoms with Gasteiger partial charge in [0, 0.05) is 35.1 Å². The molecule has 1 fully saturated rings. The predicted molar refractivity (Wildman–Crippen MR) is 107 cm³/mol. The maximum absolute atomic E-state index is 9.09. The molecule has 2 aromatic rings. The van der Waals surface area contributed by atoms with Crippen LogP contribution in [-0.2, 0) is 6.61 Å². The van der Waals surface area contributed by atoms with Crippen molar-refractivity contribution in [1.29, 1.82) is 0 Å². The summed E-state index contributed by atoms with van der Waals surface area (Å²) in [6.07, 6.45) is 5.47. The fourth-order valence-electron chi connectivity index (χ4n) is 2.89. The average Bonchev–Trinajstić information content (AvgIpc) is 3.24. The summed E-state index contributed by atoms with van der Waals surface area (Å²) in [5.41, 5.74) is 3.05. The number of rotatable bonds is 4. The van der Waals surface area contributed by atoms with Gasteiger partial charge in [0.15, 0.2) is 5.82 Å². The molecule has 0 spiro atoms. The smallest absolute Gasteiger partial charge is 0.152 e. The van der Waals surface area contributed by atoms with E-state index in [1.807, 2.05) is 19.2 Å². The molecule has 6 heteroatoms. The standard InChI is InChI=1S/C15H20N4O.C5H13N/c1-10-2-3-11(6-10)14-8-15(19-18-14)17-12-4-5-16-13(7-12)9-20;1-5(2,3)6-4/h4-5,7-8,10-11,20H,2-3,6,9H2,1H3,(H2,16,17,18,19);6H,1-4H3. The molecule has 0 amide bonds. The van der Waals surface area contributed by atoms with Crippen molar-refractivity contribution >= 4 is 11.5 Å². The lowest BCUT2D eigenvalue weighted by Gasteiger charge is -2.15. The maximum Gasteiger partial charge on any atom is 0.152 e. The molecule has 26 heavy (non-hydrogen) atoms. The van der Waals surface area contributed by atoms with Gasteiger partial charge in [-0.2, -0.15) is 5.10 Å². The lowest BCUT2D eigenvalue weighted by atomic mass is 10.0. The summed E-state index contributed by atoms with van der Waals surface area (Å²) in [6.45, 7) is 8.65. The summed E-state index contributed by atoms with van der Waals surface area (Å²) in [6, 6.07) is 5.78. The molecule has 3 rings (SSSR count). The maximum atomic E-state index is 9.09. The van der Waals surface area contributed by atoms with E-state index >= 15 is 0 Å². The van der Waals surface area contributed by atoms with E-state index in [4.69, 9.17) is 5.11 Å². The number of nitrogens with one attached hydrogen (secondary N) is 3. The van der Waals surface area contributed by atoms with Crippen molar-refractivity contribution in [3.63, 3.8) is 0 Å². The third kappa shape index (κ3) is 6.42. The Bertz CT molecular complexity index is 677. The summed E-state index contributed by atoms with van der Waals surface area (Å²) >= 11 is 0. The number of H-pyrrole nitrogens is 1. The van der Waals surface area contributed by atoms with Gasteiger partial charge in [-0.05, 0) is 58.7 Å². The summed E-state index contributed by atoms with van der Waals surface area (Å²) in [4.78, 5) is 4.06. The highest BCUT2D eigenvalue weighted by molar-refractivity contribution is 5.56. The van der Waals surface area contributed by atoms with Crippen molar-refractivity contribution in [1.82, 2.24) is 20.5 Å². The molecule has 2 atom stereocenters. The molecular weight excluding hydrogens is 326 g/mol. The van der Waals surface area contributed by atoms with Crippen molar-refractivity contribution in [3.05, 3.63) is 35.8 Å². The van der Waals surface area contributed by atoms with E-state index in [0.29, 0.717) is 17.2 Å². The predicted octanol–water partition coefficient (Wildman–Crippen LogP) is 3.95. The molecule has 0 saturated heterocycles. The Labute approximate surface area is 156 Å². The van der Waals surface area contributed by atoms with Gasteiger partial charge >= 0.3 is 0 Å². The molecule has 2 unspecified atom stereocenters. The lowest BCUT2D eigenvalue weighted by Crippen LogP contribution is -2.31. The lowest BCUT2D eigenvalue weighted by molar-refractivity contribution is 0.277. The second-order valence-corrected chi connectivity index (χ2v) is 8.14. The van der Waals surface area contributed by atoms with Gasteiger partial charge in [0.25, 0.3) is 0 Å². The Hall–Kier alpha value is -1.92. The minimum Gasteiger partial charge on any atom is -0.390 e. The van der Waals surface area contributed by atoms with Crippen LogP contribution in [0.3, 0.4) is 0 Å². The van der Waals surface area contributed by atoms with Crippen LogP contribution in [0.15, 0.2) is 24.4 Å². The minimum atomic E-state index is -0.0543. The highest BCUT2D eigenvalue weighted by Crippen LogP contribution is 2.37. The second kappa shape index (κ2) is 9.14. The molecule has 6 nitrogen and oxygen atoms in total. The normalized spacial score (nSPS) is 19.8. The molecule has 1 aliphatic carbocycles. The highest BCUT2D eigenvalue weighted by atomic mass is 16.3. The Morgan fingerprint density at radius 1 is 1.27 bits per heavy atom. The van der Waals surface area contributed by atoms with Crippen LogP contribution < -0.4 is 10.6 Å². The highest BCUT2D eigenvalue weighted by Gasteiger charge is 2.24. The fraction of sp³-hybridized carbons (Fsp3) is 0.600. The molecule has 2 heterocycles. The van der Waals surface area contributed by atoms with Crippen LogP contribution >= 0.6 is 0 Å². The van der Waals surface area contributed by atoms with Crippen LogP contribution in [0.4, 0.5) is 11.5 Å². The SMILES string of the molecule is CC1CCC(c2cc(Nc3ccnc(CO)c3)n[nH]2)C1.CNC(C)(C)C. The number of aliphatic hydroxyl groups excluding tert-OH is 1. The van der Waals surface area contributed by atoms with Crippen LogP contribution in [0.25, 0.3) is 0 Å². The minimum absolute atomic E-state index is 0.0543. The van der Waals surface area contributed by atoms with Crippen molar-refractivity contribution in [3.8, 4) is 0 Å². The van der Waals surface area contributed by atoms with Gasteiger partial charge in [-0.3, -0.25) is 10.1 Å². The Balaban J connectivity index is 0.000000352. The third-order valence-corrected chi connectivity index (χ3v) is 4.73. The Morgan fingerprint density at radius 2 is 2.00 bits per heavy atom. The average molecular weight is 360 g/mol. The summed E-state index contributed by atoms with van der Waals surface area (Å²) in [5, 5.41) is 22.9. The van der Waals surface area contributed by atoms with Gasteiger partial charge < -0.3 is 15.7 Å². The Kier molecular flexibility index (Phi) is 7.17. The molecule has 4 N–H and O–H groups in total. The van der Waals surface area contributed by atoms with E-state index in [2.05, 4.69) is 59.6 Å². The van der Waals surface area contributed by atoms with Crippen molar-refractivity contribution in [2.24, 2.45) is 5.92 Å². The van der Waals surface area contributed by atoms with Crippen LogP contribution in [0, 0.1) is 5.92 Å². The number of pyridine rings is 1. The third-order valence-electron chi connectivity index (χ3n) is 4.73. The summed E-state index contributed by atoms with van der Waals surface area (Å²) < 4.78 is 0. The molecule has 1 aliphatic rings. The van der Waals surface area contributed by atoms with Gasteiger partial charge in [0.2, 0.25) is 0 Å². The van der Waals surface area contributed by atoms with Crippen LogP contribution in [0.2, 0.25) is 0 Å². The monoisotopic (exact) mass is 359 g/mol. The van der Waals surface area contributed by atoms with Gasteiger partial charge in [-0.25, -0.2) is 0 Å². The van der Waals surface area contributed by atoms with Gasteiger partial charge in [-0.15, -0.1) is 0 Å². The van der Waals surface area contributed by atoms with E-state index in [-0.39, 0.29) is 6.61 Å². The first-order valence-corrected chi connectivity index (χ1v) is 9.37.